The van der Waals surface area contributed by atoms with Gasteiger partial charge in [0.2, 0.25) is 0 Å². The fourth-order valence-corrected chi connectivity index (χ4v) is 2.73. The average molecular weight is 336 g/mol. The van der Waals surface area contributed by atoms with Crippen molar-refractivity contribution < 1.29 is 14.3 Å². The molecule has 0 aliphatic carbocycles. The highest BCUT2D eigenvalue weighted by atomic mass is 35.5. The molecule has 0 saturated heterocycles. The van der Waals surface area contributed by atoms with Crippen LogP contribution in [0.1, 0.15) is 12.6 Å². The normalized spacial score (nSPS) is 16.8. The molecule has 2 heterocycles. The van der Waals surface area contributed by atoms with Crippen molar-refractivity contribution in [1.29, 1.82) is 0 Å². The number of anilines is 1. The summed E-state index contributed by atoms with van der Waals surface area (Å²) in [4.78, 5) is 14.2. The fourth-order valence-electron chi connectivity index (χ4n) is 2.52. The molecule has 7 heteroatoms. The SMILES string of the molecule is C[C@H]1CN(C(=O)COCc2ccnn2C)c2cccc(Cl)c2O1. The Kier molecular flexibility index (Phi) is 4.54. The van der Waals surface area contributed by atoms with E-state index < -0.39 is 0 Å². The smallest absolute Gasteiger partial charge is 0.253 e. The summed E-state index contributed by atoms with van der Waals surface area (Å²) in [5.74, 6) is 0.429. The number of nitrogens with zero attached hydrogens (tertiary/aromatic N) is 3. The predicted octanol–water partition coefficient (Wildman–Crippen LogP) is 2.40. The first kappa shape index (κ1) is 15.8. The lowest BCUT2D eigenvalue weighted by Crippen LogP contribution is -2.44. The molecule has 1 aliphatic heterocycles. The van der Waals surface area contributed by atoms with Crippen molar-refractivity contribution in [2.45, 2.75) is 19.6 Å². The number of benzene rings is 1. The third-order valence-electron chi connectivity index (χ3n) is 3.69. The third kappa shape index (κ3) is 3.33. The minimum atomic E-state index is -0.122. The van der Waals surface area contributed by atoms with Crippen LogP contribution in [-0.2, 0) is 23.2 Å². The molecule has 0 bridgehead atoms. The number of hydrogen-bond donors (Lipinski definition) is 0. The standard InChI is InChI=1S/C16H18ClN3O3/c1-11-8-20(14-5-3-4-13(17)16(14)23-11)15(21)10-22-9-12-6-7-18-19(12)2/h3-7,11H,8-10H2,1-2H3/t11-/m0/s1. The van der Waals surface area contributed by atoms with Crippen LogP contribution in [0.3, 0.4) is 0 Å². The van der Waals surface area contributed by atoms with Gasteiger partial charge in [-0.2, -0.15) is 5.10 Å². The molecule has 2 aromatic rings. The number of hydrogen-bond acceptors (Lipinski definition) is 4. The van der Waals surface area contributed by atoms with Crippen molar-refractivity contribution in [3.8, 4) is 5.75 Å². The van der Waals surface area contributed by atoms with Gasteiger partial charge in [0.25, 0.3) is 5.91 Å². The summed E-state index contributed by atoms with van der Waals surface area (Å²) in [7, 11) is 1.84. The molecular weight excluding hydrogens is 318 g/mol. The van der Waals surface area contributed by atoms with Gasteiger partial charge in [0.1, 0.15) is 12.7 Å². The van der Waals surface area contributed by atoms with Gasteiger partial charge in [0.15, 0.2) is 5.75 Å². The number of ether oxygens (including phenoxy) is 2. The van der Waals surface area contributed by atoms with Crippen LogP contribution < -0.4 is 9.64 Å². The molecule has 0 radical (unpaired) electrons. The number of halogens is 1. The zero-order valence-corrected chi connectivity index (χ0v) is 13.8. The first-order valence-corrected chi connectivity index (χ1v) is 7.74. The Balaban J connectivity index is 1.68. The largest absolute Gasteiger partial charge is 0.485 e. The molecule has 6 nitrogen and oxygen atoms in total. The third-order valence-corrected chi connectivity index (χ3v) is 3.99. The van der Waals surface area contributed by atoms with Crippen LogP contribution in [0.25, 0.3) is 0 Å². The van der Waals surface area contributed by atoms with Crippen molar-refractivity contribution in [2.24, 2.45) is 7.05 Å². The van der Waals surface area contributed by atoms with E-state index in [0.29, 0.717) is 29.6 Å². The van der Waals surface area contributed by atoms with Crippen LogP contribution in [-0.4, -0.2) is 34.9 Å². The van der Waals surface area contributed by atoms with E-state index in [1.807, 2.05) is 26.1 Å². The molecule has 1 amide bonds. The van der Waals surface area contributed by atoms with Crippen LogP contribution in [0.15, 0.2) is 30.5 Å². The molecule has 0 saturated carbocycles. The minimum Gasteiger partial charge on any atom is -0.485 e. The van der Waals surface area contributed by atoms with Crippen molar-refractivity contribution >= 4 is 23.2 Å². The number of carbonyl (C=O) groups is 1. The molecule has 0 spiro atoms. The van der Waals surface area contributed by atoms with Gasteiger partial charge in [0, 0.05) is 13.2 Å². The van der Waals surface area contributed by atoms with Crippen molar-refractivity contribution in [3.63, 3.8) is 0 Å². The van der Waals surface area contributed by atoms with Crippen molar-refractivity contribution in [3.05, 3.63) is 41.2 Å². The molecule has 1 aromatic heterocycles. The van der Waals surface area contributed by atoms with Gasteiger partial charge in [-0.1, -0.05) is 17.7 Å². The zero-order valence-electron chi connectivity index (χ0n) is 13.0. The van der Waals surface area contributed by atoms with E-state index in [0.717, 1.165) is 5.69 Å². The molecule has 0 N–H and O–H groups in total. The number of aromatic nitrogens is 2. The fraction of sp³-hybridized carbons (Fsp3) is 0.375. The number of carbonyl (C=O) groups excluding carboxylic acids is 1. The summed E-state index contributed by atoms with van der Waals surface area (Å²) in [5.41, 5.74) is 1.60. The number of para-hydroxylation sites is 1. The van der Waals surface area contributed by atoms with Crippen LogP contribution >= 0.6 is 11.6 Å². The molecular formula is C16H18ClN3O3. The van der Waals surface area contributed by atoms with Gasteiger partial charge in [-0.3, -0.25) is 9.48 Å². The maximum Gasteiger partial charge on any atom is 0.253 e. The van der Waals surface area contributed by atoms with Gasteiger partial charge in [-0.15, -0.1) is 0 Å². The van der Waals surface area contributed by atoms with Gasteiger partial charge >= 0.3 is 0 Å². The maximum atomic E-state index is 12.5. The lowest BCUT2D eigenvalue weighted by atomic mass is 10.2. The molecule has 23 heavy (non-hydrogen) atoms. The number of fused-ring (bicyclic) bond motifs is 1. The summed E-state index contributed by atoms with van der Waals surface area (Å²) in [5, 5.41) is 4.57. The number of rotatable bonds is 4. The first-order valence-electron chi connectivity index (χ1n) is 7.36. The van der Waals surface area contributed by atoms with Gasteiger partial charge < -0.3 is 14.4 Å². The highest BCUT2D eigenvalue weighted by Crippen LogP contribution is 2.39. The average Bonchev–Trinajstić information content (AvgIpc) is 2.93. The van der Waals surface area contributed by atoms with E-state index in [9.17, 15) is 4.79 Å². The van der Waals surface area contributed by atoms with Crippen molar-refractivity contribution in [1.82, 2.24) is 9.78 Å². The van der Waals surface area contributed by atoms with E-state index >= 15 is 0 Å². The predicted molar refractivity (Wildman–Crippen MR) is 86.8 cm³/mol. The molecule has 3 rings (SSSR count). The molecule has 0 fully saturated rings. The second-order valence-corrected chi connectivity index (χ2v) is 5.87. The van der Waals surface area contributed by atoms with Gasteiger partial charge in [-0.25, -0.2) is 0 Å². The first-order chi connectivity index (χ1) is 11.1. The Morgan fingerprint density at radius 3 is 3.04 bits per heavy atom. The van der Waals surface area contributed by atoms with E-state index in [1.165, 1.54) is 0 Å². The second-order valence-electron chi connectivity index (χ2n) is 5.46. The molecule has 0 unspecified atom stereocenters. The zero-order chi connectivity index (χ0) is 16.4. The molecule has 1 atom stereocenters. The summed E-state index contributed by atoms with van der Waals surface area (Å²) in [6.07, 6.45) is 1.58. The Morgan fingerprint density at radius 1 is 1.48 bits per heavy atom. The van der Waals surface area contributed by atoms with E-state index in [4.69, 9.17) is 21.1 Å². The summed E-state index contributed by atoms with van der Waals surface area (Å²) in [6.45, 7) is 2.71. The van der Waals surface area contributed by atoms with E-state index in [1.54, 1.807) is 27.9 Å². The molecule has 122 valence electrons. The van der Waals surface area contributed by atoms with Gasteiger partial charge in [0.05, 0.1) is 29.6 Å². The highest BCUT2D eigenvalue weighted by molar-refractivity contribution is 6.32. The summed E-state index contributed by atoms with van der Waals surface area (Å²) in [6, 6.07) is 7.24. The highest BCUT2D eigenvalue weighted by Gasteiger charge is 2.29. The molecule has 1 aliphatic rings. The lowest BCUT2D eigenvalue weighted by molar-refractivity contribution is -0.124. The second kappa shape index (κ2) is 6.60. The van der Waals surface area contributed by atoms with Crippen molar-refractivity contribution in [2.75, 3.05) is 18.1 Å². The topological polar surface area (TPSA) is 56.6 Å². The van der Waals surface area contributed by atoms with Crippen LogP contribution in [0, 0.1) is 0 Å². The Hall–Kier alpha value is -2.05. The summed E-state index contributed by atoms with van der Waals surface area (Å²) >= 11 is 6.16. The van der Waals surface area contributed by atoms with E-state index in [-0.39, 0.29) is 18.6 Å². The van der Waals surface area contributed by atoms with Crippen LogP contribution in [0.2, 0.25) is 5.02 Å². The lowest BCUT2D eigenvalue weighted by Gasteiger charge is -2.33. The Labute approximate surface area is 139 Å². The van der Waals surface area contributed by atoms with E-state index in [2.05, 4.69) is 5.10 Å². The van der Waals surface area contributed by atoms with Crippen LogP contribution in [0.4, 0.5) is 5.69 Å². The number of amides is 1. The Bertz CT molecular complexity index is 716. The monoisotopic (exact) mass is 335 g/mol. The quantitative estimate of drug-likeness (QED) is 0.861. The minimum absolute atomic E-state index is 0.0101. The number of aryl methyl sites for hydroxylation is 1. The van der Waals surface area contributed by atoms with Crippen LogP contribution in [0.5, 0.6) is 5.75 Å². The Morgan fingerprint density at radius 2 is 2.30 bits per heavy atom. The molecule has 1 aromatic carbocycles. The summed E-state index contributed by atoms with van der Waals surface area (Å²) < 4.78 is 13.0. The van der Waals surface area contributed by atoms with Gasteiger partial charge in [-0.05, 0) is 25.1 Å². The maximum absolute atomic E-state index is 12.5.